The lowest BCUT2D eigenvalue weighted by Gasteiger charge is -2.53. The largest absolute Gasteiger partial charge is 0.425 e. The predicted octanol–water partition coefficient (Wildman–Crippen LogP) is 0.977. The van der Waals surface area contributed by atoms with E-state index in [-0.39, 0.29) is 48.0 Å². The minimum Gasteiger partial charge on any atom is -0.425 e. The lowest BCUT2D eigenvalue weighted by Crippen LogP contribution is -2.74. The lowest BCUT2D eigenvalue weighted by molar-refractivity contribution is -0.199. The number of nitrogen functional groups attached to an aromatic ring is 1. The van der Waals surface area contributed by atoms with Gasteiger partial charge in [-0.1, -0.05) is 5.16 Å². The molecule has 13 nitrogen and oxygen atoms in total. The highest BCUT2D eigenvalue weighted by molar-refractivity contribution is 8.00. The number of β-lactam (4-membered cyclic amide) rings is 1. The third kappa shape index (κ3) is 6.38. The molecule has 3 heterocycles. The second-order valence-corrected chi connectivity index (χ2v) is 11.9. The number of ether oxygens (including phenoxy) is 3. The van der Waals surface area contributed by atoms with Gasteiger partial charge in [-0.15, -0.1) is 23.1 Å². The van der Waals surface area contributed by atoms with Crippen LogP contribution in [-0.4, -0.2) is 89.7 Å². The van der Waals surface area contributed by atoms with Gasteiger partial charge in [0.15, 0.2) is 10.8 Å². The summed E-state index contributed by atoms with van der Waals surface area (Å²) in [5.41, 5.74) is 3.89. The molecule has 38 heavy (non-hydrogen) atoms. The molecule has 2 aliphatic heterocycles. The highest BCUT2D eigenvalue weighted by Gasteiger charge is 2.58. The number of methoxy groups -OCH3 is 1. The number of thiazole rings is 1. The van der Waals surface area contributed by atoms with Crippen LogP contribution in [0.4, 0.5) is 5.13 Å². The molecule has 2 amide bonds. The predicted molar refractivity (Wildman–Crippen MR) is 140 cm³/mol. The number of aromatic nitrogens is 1. The standard InChI is InChI=1S/C23H33N5O8S2/c1-7-34-27-14(13-8-37-21(24)25-13)16(29)26-15-17(30)28-9-23(10-33-6,11-38-18(15)28)20(32)36-12(2)35-19(31)22(3,4)5/h8,12,15,18H,7,9-11H2,1-6H3,(H2,24,25)(H,26,29)/t12?,15?,18-,23?/m1/s1. The first-order valence-corrected chi connectivity index (χ1v) is 13.8. The number of rotatable bonds is 10. The Hall–Kier alpha value is -2.91. The van der Waals surface area contributed by atoms with Gasteiger partial charge in [-0.3, -0.25) is 19.2 Å². The van der Waals surface area contributed by atoms with Gasteiger partial charge in [0, 0.05) is 31.7 Å². The number of oxime groups is 1. The van der Waals surface area contributed by atoms with Gasteiger partial charge in [-0.05, 0) is 27.7 Å². The fourth-order valence-electron chi connectivity index (χ4n) is 3.74. The highest BCUT2D eigenvalue weighted by Crippen LogP contribution is 2.43. The summed E-state index contributed by atoms with van der Waals surface area (Å²) in [6.07, 6.45) is -1.12. The summed E-state index contributed by atoms with van der Waals surface area (Å²) in [6.45, 7) is 8.49. The Morgan fingerprint density at radius 1 is 1.34 bits per heavy atom. The van der Waals surface area contributed by atoms with E-state index in [9.17, 15) is 19.2 Å². The average Bonchev–Trinajstić information content (AvgIpc) is 3.27. The van der Waals surface area contributed by atoms with Crippen molar-refractivity contribution in [3.63, 3.8) is 0 Å². The number of carbonyl (C=O) groups excluding carboxylic acids is 4. The van der Waals surface area contributed by atoms with Crippen LogP contribution >= 0.6 is 23.1 Å². The van der Waals surface area contributed by atoms with E-state index < -0.39 is 46.4 Å². The van der Waals surface area contributed by atoms with Gasteiger partial charge >= 0.3 is 11.9 Å². The molecule has 0 radical (unpaired) electrons. The maximum Gasteiger partial charge on any atom is 0.320 e. The van der Waals surface area contributed by atoms with Crippen LogP contribution in [-0.2, 0) is 38.2 Å². The number of thioether (sulfide) groups is 1. The van der Waals surface area contributed by atoms with E-state index in [1.165, 1.54) is 30.7 Å². The number of fused-ring (bicyclic) bond motifs is 1. The van der Waals surface area contributed by atoms with Crippen molar-refractivity contribution in [2.24, 2.45) is 16.0 Å². The summed E-state index contributed by atoms with van der Waals surface area (Å²) >= 11 is 2.46. The Kier molecular flexibility index (Phi) is 9.26. The molecule has 210 valence electrons. The molecule has 2 fully saturated rings. The van der Waals surface area contributed by atoms with E-state index in [2.05, 4.69) is 15.5 Å². The second kappa shape index (κ2) is 11.9. The van der Waals surface area contributed by atoms with Gasteiger partial charge in [-0.25, -0.2) is 4.98 Å². The Morgan fingerprint density at radius 3 is 2.63 bits per heavy atom. The fourth-order valence-corrected chi connectivity index (χ4v) is 5.81. The quantitative estimate of drug-likeness (QED) is 0.135. The molecule has 0 aliphatic carbocycles. The summed E-state index contributed by atoms with van der Waals surface area (Å²) < 4.78 is 16.0. The summed E-state index contributed by atoms with van der Waals surface area (Å²) in [5, 5.41) is 7.97. The van der Waals surface area contributed by atoms with E-state index in [4.69, 9.17) is 24.8 Å². The number of nitrogens with zero attached hydrogens (tertiary/aromatic N) is 3. The van der Waals surface area contributed by atoms with Crippen molar-refractivity contribution < 1.29 is 38.2 Å². The van der Waals surface area contributed by atoms with Gasteiger partial charge in [0.1, 0.15) is 29.1 Å². The minimum absolute atomic E-state index is 0.0112. The molecule has 0 aromatic carbocycles. The smallest absolute Gasteiger partial charge is 0.320 e. The van der Waals surface area contributed by atoms with Gasteiger partial charge in [-0.2, -0.15) is 0 Å². The van der Waals surface area contributed by atoms with Crippen molar-refractivity contribution in [2.45, 2.75) is 52.3 Å². The van der Waals surface area contributed by atoms with Crippen LogP contribution in [0.2, 0.25) is 0 Å². The first kappa shape index (κ1) is 29.6. The first-order valence-electron chi connectivity index (χ1n) is 11.9. The highest BCUT2D eigenvalue weighted by atomic mass is 32.2. The van der Waals surface area contributed by atoms with E-state index in [0.29, 0.717) is 0 Å². The third-order valence-electron chi connectivity index (χ3n) is 5.71. The van der Waals surface area contributed by atoms with Crippen LogP contribution < -0.4 is 11.1 Å². The van der Waals surface area contributed by atoms with Crippen LogP contribution in [0.15, 0.2) is 10.5 Å². The maximum atomic E-state index is 13.2. The number of anilines is 1. The molecule has 3 rings (SSSR count). The van der Waals surface area contributed by atoms with E-state index in [1.807, 2.05) is 0 Å². The molecule has 1 aromatic rings. The van der Waals surface area contributed by atoms with Crippen LogP contribution in [0.25, 0.3) is 0 Å². The lowest BCUT2D eigenvalue weighted by atomic mass is 9.88. The van der Waals surface area contributed by atoms with Gasteiger partial charge in [0.05, 0.1) is 12.0 Å². The number of hydrogen-bond acceptors (Lipinski definition) is 13. The first-order chi connectivity index (χ1) is 17.8. The molecule has 0 spiro atoms. The van der Waals surface area contributed by atoms with Gasteiger partial charge in [0.25, 0.3) is 5.91 Å². The van der Waals surface area contributed by atoms with Crippen LogP contribution in [0.3, 0.4) is 0 Å². The van der Waals surface area contributed by atoms with Crippen molar-refractivity contribution in [1.82, 2.24) is 15.2 Å². The number of hydrogen-bond donors (Lipinski definition) is 2. The summed E-state index contributed by atoms with van der Waals surface area (Å²) in [5.74, 6) is -1.91. The number of nitrogens with two attached hydrogens (primary N) is 1. The Bertz CT molecular complexity index is 1100. The van der Waals surface area contributed by atoms with Crippen molar-refractivity contribution in [2.75, 3.05) is 38.4 Å². The zero-order valence-corrected chi connectivity index (χ0v) is 23.8. The topological polar surface area (TPSA) is 172 Å². The van der Waals surface area contributed by atoms with Crippen LogP contribution in [0, 0.1) is 10.8 Å². The Labute approximate surface area is 228 Å². The number of amides is 2. The zero-order valence-electron chi connectivity index (χ0n) is 22.1. The molecule has 0 bridgehead atoms. The monoisotopic (exact) mass is 571 g/mol. The molecule has 2 aliphatic rings. The summed E-state index contributed by atoms with van der Waals surface area (Å²) in [6, 6.07) is -0.835. The average molecular weight is 572 g/mol. The van der Waals surface area contributed by atoms with Crippen LogP contribution in [0.5, 0.6) is 0 Å². The van der Waals surface area contributed by atoms with Crippen molar-refractivity contribution in [3.05, 3.63) is 11.1 Å². The van der Waals surface area contributed by atoms with Crippen LogP contribution in [0.1, 0.15) is 40.3 Å². The van der Waals surface area contributed by atoms with Gasteiger partial charge < -0.3 is 35.0 Å². The van der Waals surface area contributed by atoms with E-state index >= 15 is 0 Å². The fraction of sp³-hybridized carbons (Fsp3) is 0.652. The summed E-state index contributed by atoms with van der Waals surface area (Å²) in [7, 11) is 1.44. The van der Waals surface area contributed by atoms with E-state index in [1.54, 1.807) is 33.1 Å². The normalized spacial score (nSPS) is 24.1. The zero-order chi connectivity index (χ0) is 28.3. The third-order valence-corrected chi connectivity index (χ3v) is 7.97. The Balaban J connectivity index is 1.67. The number of nitrogens with one attached hydrogen (secondary N) is 1. The number of carbonyl (C=O) groups is 4. The number of esters is 2. The van der Waals surface area contributed by atoms with Crippen molar-refractivity contribution in [3.8, 4) is 0 Å². The molecular weight excluding hydrogens is 538 g/mol. The minimum atomic E-state index is -1.18. The molecule has 3 unspecified atom stereocenters. The Morgan fingerprint density at radius 2 is 2.05 bits per heavy atom. The second-order valence-electron chi connectivity index (χ2n) is 9.89. The molecule has 4 atom stereocenters. The summed E-state index contributed by atoms with van der Waals surface area (Å²) in [4.78, 5) is 62.0. The molecule has 2 saturated heterocycles. The van der Waals surface area contributed by atoms with Gasteiger partial charge in [0.2, 0.25) is 12.2 Å². The van der Waals surface area contributed by atoms with E-state index in [0.717, 1.165) is 11.3 Å². The molecule has 1 aromatic heterocycles. The SMILES string of the molecule is CCON=C(C(=O)NC1C(=O)N2CC(COC)(C(=O)OC(C)OC(=O)C(C)(C)C)CS[C@H]12)c1csc(N)n1. The molecule has 0 saturated carbocycles. The molecule has 15 heteroatoms. The molecule has 3 N–H and O–H groups in total. The maximum absolute atomic E-state index is 13.2. The van der Waals surface area contributed by atoms with Crippen molar-refractivity contribution in [1.29, 1.82) is 0 Å². The molecular formula is C23H33N5O8S2. The van der Waals surface area contributed by atoms with Crippen molar-refractivity contribution >= 4 is 57.7 Å².